The Balaban J connectivity index is 1.83. The van der Waals surface area contributed by atoms with E-state index in [9.17, 15) is 13.2 Å². The van der Waals surface area contributed by atoms with Crippen molar-refractivity contribution in [3.8, 4) is 0 Å². The SMILES string of the molecule is CN(Cc1cc2ccccc2o1)c1nccc(C(F)(F)F)n1. The Hall–Kier alpha value is -2.57. The third-order valence-electron chi connectivity index (χ3n) is 3.14. The van der Waals surface area contributed by atoms with Gasteiger partial charge in [-0.1, -0.05) is 18.2 Å². The smallest absolute Gasteiger partial charge is 0.433 e. The van der Waals surface area contributed by atoms with Gasteiger partial charge in [-0.05, 0) is 18.2 Å². The van der Waals surface area contributed by atoms with Crippen molar-refractivity contribution in [3.63, 3.8) is 0 Å². The van der Waals surface area contributed by atoms with Gasteiger partial charge in [-0.25, -0.2) is 9.97 Å². The summed E-state index contributed by atoms with van der Waals surface area (Å²) >= 11 is 0. The molecular formula is C15H12F3N3O. The van der Waals surface area contributed by atoms with Gasteiger partial charge in [-0.2, -0.15) is 13.2 Å². The Kier molecular flexibility index (Phi) is 3.48. The van der Waals surface area contributed by atoms with Gasteiger partial charge in [-0.15, -0.1) is 0 Å². The van der Waals surface area contributed by atoms with Crippen LogP contribution in [-0.2, 0) is 12.7 Å². The van der Waals surface area contributed by atoms with E-state index in [1.165, 1.54) is 4.90 Å². The number of hydrogen-bond acceptors (Lipinski definition) is 4. The first-order valence-corrected chi connectivity index (χ1v) is 6.52. The van der Waals surface area contributed by atoms with Crippen molar-refractivity contribution in [1.82, 2.24) is 9.97 Å². The molecule has 22 heavy (non-hydrogen) atoms. The third kappa shape index (κ3) is 2.88. The Labute approximate surface area is 124 Å². The number of halogens is 3. The van der Waals surface area contributed by atoms with Crippen LogP contribution in [0, 0.1) is 0 Å². The lowest BCUT2D eigenvalue weighted by Crippen LogP contribution is -2.20. The van der Waals surface area contributed by atoms with Crippen LogP contribution in [-0.4, -0.2) is 17.0 Å². The highest BCUT2D eigenvalue weighted by Crippen LogP contribution is 2.28. The molecule has 0 bridgehead atoms. The fourth-order valence-corrected chi connectivity index (χ4v) is 2.11. The van der Waals surface area contributed by atoms with E-state index in [0.29, 0.717) is 5.76 Å². The largest absolute Gasteiger partial charge is 0.459 e. The molecule has 0 saturated carbocycles. The Morgan fingerprint density at radius 1 is 1.18 bits per heavy atom. The Morgan fingerprint density at radius 3 is 2.68 bits per heavy atom. The monoisotopic (exact) mass is 307 g/mol. The zero-order valence-corrected chi connectivity index (χ0v) is 11.6. The lowest BCUT2D eigenvalue weighted by Gasteiger charge is -2.16. The molecule has 3 rings (SSSR count). The summed E-state index contributed by atoms with van der Waals surface area (Å²) in [6.45, 7) is 0.274. The van der Waals surface area contributed by atoms with Gasteiger partial charge in [0, 0.05) is 18.6 Å². The molecule has 4 nitrogen and oxygen atoms in total. The number of alkyl halides is 3. The van der Waals surface area contributed by atoms with Crippen molar-refractivity contribution in [3.05, 3.63) is 54.0 Å². The van der Waals surface area contributed by atoms with Crippen molar-refractivity contribution in [1.29, 1.82) is 0 Å². The van der Waals surface area contributed by atoms with E-state index < -0.39 is 11.9 Å². The molecule has 114 valence electrons. The number of furan rings is 1. The van der Waals surface area contributed by atoms with Crippen LogP contribution in [0.3, 0.4) is 0 Å². The van der Waals surface area contributed by atoms with Gasteiger partial charge in [0.25, 0.3) is 0 Å². The lowest BCUT2D eigenvalue weighted by atomic mass is 10.2. The highest BCUT2D eigenvalue weighted by Gasteiger charge is 2.33. The average molecular weight is 307 g/mol. The van der Waals surface area contributed by atoms with Crippen LogP contribution in [0.5, 0.6) is 0 Å². The van der Waals surface area contributed by atoms with Gasteiger partial charge in [0.05, 0.1) is 6.54 Å². The Bertz CT molecular complexity index is 765. The molecule has 0 amide bonds. The molecule has 0 N–H and O–H groups in total. The van der Waals surface area contributed by atoms with Crippen LogP contribution in [0.4, 0.5) is 19.1 Å². The summed E-state index contributed by atoms with van der Waals surface area (Å²) < 4.78 is 43.6. The van der Waals surface area contributed by atoms with Gasteiger partial charge in [0.2, 0.25) is 5.95 Å². The number of aromatic nitrogens is 2. The fraction of sp³-hybridized carbons (Fsp3) is 0.200. The van der Waals surface area contributed by atoms with Gasteiger partial charge in [0.1, 0.15) is 17.0 Å². The molecule has 0 atom stereocenters. The number of hydrogen-bond donors (Lipinski definition) is 0. The van der Waals surface area contributed by atoms with Crippen molar-refractivity contribution < 1.29 is 17.6 Å². The summed E-state index contributed by atoms with van der Waals surface area (Å²) in [7, 11) is 1.61. The van der Waals surface area contributed by atoms with E-state index in [0.717, 1.165) is 23.2 Å². The zero-order valence-electron chi connectivity index (χ0n) is 11.6. The first kappa shape index (κ1) is 14.4. The van der Waals surface area contributed by atoms with Crippen LogP contribution >= 0.6 is 0 Å². The molecule has 0 unspecified atom stereocenters. The van der Waals surface area contributed by atoms with Crippen LogP contribution in [0.2, 0.25) is 0 Å². The summed E-state index contributed by atoms with van der Waals surface area (Å²) in [6, 6.07) is 10.2. The molecular weight excluding hydrogens is 295 g/mol. The van der Waals surface area contributed by atoms with Crippen molar-refractivity contribution >= 4 is 16.9 Å². The molecule has 1 aromatic carbocycles. The molecule has 0 spiro atoms. The molecule has 0 fully saturated rings. The predicted molar refractivity (Wildman–Crippen MR) is 75.4 cm³/mol. The summed E-state index contributed by atoms with van der Waals surface area (Å²) in [5.41, 5.74) is -0.232. The Morgan fingerprint density at radius 2 is 1.95 bits per heavy atom. The molecule has 0 aliphatic heterocycles. The van der Waals surface area contributed by atoms with E-state index >= 15 is 0 Å². The van der Waals surface area contributed by atoms with Crippen LogP contribution < -0.4 is 4.90 Å². The van der Waals surface area contributed by atoms with Crippen molar-refractivity contribution in [2.75, 3.05) is 11.9 Å². The topological polar surface area (TPSA) is 42.2 Å². The van der Waals surface area contributed by atoms with Crippen LogP contribution in [0.25, 0.3) is 11.0 Å². The predicted octanol–water partition coefficient (Wildman–Crippen LogP) is 3.88. The highest BCUT2D eigenvalue weighted by molar-refractivity contribution is 5.77. The number of fused-ring (bicyclic) bond motifs is 1. The summed E-state index contributed by atoms with van der Waals surface area (Å²) in [4.78, 5) is 8.93. The minimum Gasteiger partial charge on any atom is -0.459 e. The minimum atomic E-state index is -4.49. The van der Waals surface area contributed by atoms with E-state index in [-0.39, 0.29) is 12.5 Å². The first-order valence-electron chi connectivity index (χ1n) is 6.52. The van der Waals surface area contributed by atoms with Gasteiger partial charge in [-0.3, -0.25) is 0 Å². The molecule has 0 radical (unpaired) electrons. The molecule has 3 aromatic rings. The van der Waals surface area contributed by atoms with Crippen LogP contribution in [0.1, 0.15) is 11.5 Å². The number of nitrogens with zero attached hydrogens (tertiary/aromatic N) is 3. The molecule has 0 saturated heterocycles. The minimum absolute atomic E-state index is 0.00437. The standard InChI is InChI=1S/C15H12F3N3O/c1-21(14-19-7-6-13(20-14)15(16,17)18)9-11-8-10-4-2-3-5-12(10)22-11/h2-8H,9H2,1H3. The molecule has 2 aromatic heterocycles. The second-order valence-corrected chi connectivity index (χ2v) is 4.85. The zero-order chi connectivity index (χ0) is 15.7. The van der Waals surface area contributed by atoms with Gasteiger partial charge >= 0.3 is 6.18 Å². The summed E-state index contributed by atoms with van der Waals surface area (Å²) in [5, 5.41) is 0.941. The molecule has 0 aliphatic rings. The number of rotatable bonds is 3. The second kappa shape index (κ2) is 5.32. The van der Waals surface area contributed by atoms with Crippen LogP contribution in [0.15, 0.2) is 47.0 Å². The third-order valence-corrected chi connectivity index (χ3v) is 3.14. The maximum absolute atomic E-state index is 12.7. The fourth-order valence-electron chi connectivity index (χ4n) is 2.11. The first-order chi connectivity index (χ1) is 10.4. The number of para-hydroxylation sites is 1. The highest BCUT2D eigenvalue weighted by atomic mass is 19.4. The maximum Gasteiger partial charge on any atom is 0.433 e. The quantitative estimate of drug-likeness (QED) is 0.736. The van der Waals surface area contributed by atoms with Crippen molar-refractivity contribution in [2.24, 2.45) is 0 Å². The van der Waals surface area contributed by atoms with E-state index in [1.807, 2.05) is 30.3 Å². The average Bonchev–Trinajstić information content (AvgIpc) is 2.88. The number of benzene rings is 1. The second-order valence-electron chi connectivity index (χ2n) is 4.85. The normalized spacial score (nSPS) is 11.8. The molecule has 2 heterocycles. The lowest BCUT2D eigenvalue weighted by molar-refractivity contribution is -0.141. The molecule has 0 aliphatic carbocycles. The molecule has 7 heteroatoms. The summed E-state index contributed by atoms with van der Waals surface area (Å²) in [5.74, 6) is 0.625. The van der Waals surface area contributed by atoms with Crippen molar-refractivity contribution in [2.45, 2.75) is 12.7 Å². The van der Waals surface area contributed by atoms with E-state index in [2.05, 4.69) is 9.97 Å². The van der Waals surface area contributed by atoms with Gasteiger partial charge in [0.15, 0.2) is 0 Å². The number of anilines is 1. The maximum atomic E-state index is 12.7. The van der Waals surface area contributed by atoms with E-state index in [1.54, 1.807) is 7.05 Å². The van der Waals surface area contributed by atoms with E-state index in [4.69, 9.17) is 4.42 Å². The van der Waals surface area contributed by atoms with Gasteiger partial charge < -0.3 is 9.32 Å². The summed E-state index contributed by atoms with van der Waals surface area (Å²) in [6.07, 6.45) is -3.39.